The highest BCUT2D eigenvalue weighted by Crippen LogP contribution is 2.27. The fourth-order valence-corrected chi connectivity index (χ4v) is 3.50. The summed E-state index contributed by atoms with van der Waals surface area (Å²) in [6.45, 7) is 2.16. The zero-order valence-electron chi connectivity index (χ0n) is 14.5. The number of aryl methyl sites for hydroxylation is 1. The Hall–Kier alpha value is -2.87. The van der Waals surface area contributed by atoms with Crippen LogP contribution < -0.4 is 10.6 Å². The van der Waals surface area contributed by atoms with Crippen molar-refractivity contribution in [3.05, 3.63) is 59.2 Å². The van der Waals surface area contributed by atoms with E-state index in [2.05, 4.69) is 15.6 Å². The number of aromatic nitrogens is 1. The Kier molecular flexibility index (Phi) is 5.75. The molecule has 3 aromatic rings. The van der Waals surface area contributed by atoms with E-state index in [1.807, 2.05) is 25.1 Å². The fourth-order valence-electron chi connectivity index (χ4n) is 2.54. The number of para-hydroxylation sites is 1. The Morgan fingerprint density at radius 1 is 1.19 bits per heavy atom. The third-order valence-corrected chi connectivity index (χ3v) is 4.85. The van der Waals surface area contributed by atoms with Gasteiger partial charge in [0.1, 0.15) is 11.6 Å². The predicted molar refractivity (Wildman–Crippen MR) is 101 cm³/mol. The van der Waals surface area contributed by atoms with E-state index in [1.165, 1.54) is 11.3 Å². The lowest BCUT2D eigenvalue weighted by Crippen LogP contribution is -2.26. The Balaban J connectivity index is 1.46. The second kappa shape index (κ2) is 8.22. The van der Waals surface area contributed by atoms with Gasteiger partial charge in [-0.1, -0.05) is 23.5 Å². The minimum absolute atomic E-state index is 0.182. The first-order chi connectivity index (χ1) is 12.9. The average molecular weight is 389 g/mol. The molecule has 2 amide bonds. The first kappa shape index (κ1) is 18.9. The number of fused-ring (bicyclic) bond motifs is 1. The van der Waals surface area contributed by atoms with Crippen LogP contribution in [0.2, 0.25) is 0 Å². The first-order valence-corrected chi connectivity index (χ1v) is 9.15. The number of carbonyl (C=O) groups is 2. The zero-order chi connectivity index (χ0) is 19.4. The van der Waals surface area contributed by atoms with E-state index in [1.54, 1.807) is 0 Å². The van der Waals surface area contributed by atoms with Crippen LogP contribution in [0.15, 0.2) is 36.4 Å². The van der Waals surface area contributed by atoms with Crippen LogP contribution in [0.3, 0.4) is 0 Å². The number of nitrogens with one attached hydrogen (secondary N) is 2. The van der Waals surface area contributed by atoms with Crippen LogP contribution in [0.25, 0.3) is 10.2 Å². The van der Waals surface area contributed by atoms with Crippen molar-refractivity contribution in [1.29, 1.82) is 0 Å². The molecule has 2 N–H and O–H groups in total. The molecule has 0 aliphatic rings. The molecule has 0 fully saturated rings. The van der Waals surface area contributed by atoms with E-state index >= 15 is 0 Å². The molecule has 5 nitrogen and oxygen atoms in total. The molecule has 0 unspecified atom stereocenters. The van der Waals surface area contributed by atoms with Crippen molar-refractivity contribution in [2.45, 2.75) is 19.8 Å². The molecule has 0 aliphatic carbocycles. The van der Waals surface area contributed by atoms with Gasteiger partial charge in [0, 0.05) is 19.0 Å². The first-order valence-electron chi connectivity index (χ1n) is 8.33. The van der Waals surface area contributed by atoms with Crippen molar-refractivity contribution in [1.82, 2.24) is 10.3 Å². The van der Waals surface area contributed by atoms with Crippen molar-refractivity contribution in [2.75, 3.05) is 11.9 Å². The van der Waals surface area contributed by atoms with E-state index in [9.17, 15) is 18.4 Å². The van der Waals surface area contributed by atoms with Crippen molar-refractivity contribution in [3.8, 4) is 0 Å². The Morgan fingerprint density at radius 3 is 2.74 bits per heavy atom. The van der Waals surface area contributed by atoms with Crippen LogP contribution in [0.4, 0.5) is 13.9 Å². The molecule has 140 valence electrons. The van der Waals surface area contributed by atoms with Crippen molar-refractivity contribution in [2.24, 2.45) is 0 Å². The lowest BCUT2D eigenvalue weighted by atomic mass is 10.2. The molecule has 2 aromatic carbocycles. The lowest BCUT2D eigenvalue weighted by Gasteiger charge is -2.06. The van der Waals surface area contributed by atoms with Crippen LogP contribution in [-0.4, -0.2) is 23.3 Å². The van der Waals surface area contributed by atoms with Gasteiger partial charge in [-0.15, -0.1) is 0 Å². The number of hydrogen-bond acceptors (Lipinski definition) is 4. The Labute approximate surface area is 158 Å². The minimum atomic E-state index is -0.920. The molecule has 0 bridgehead atoms. The number of halogens is 2. The predicted octanol–water partition coefficient (Wildman–Crippen LogP) is 4.03. The molecule has 0 aliphatic heterocycles. The van der Waals surface area contributed by atoms with Crippen LogP contribution >= 0.6 is 11.3 Å². The average Bonchev–Trinajstić information content (AvgIpc) is 3.02. The molecule has 0 atom stereocenters. The summed E-state index contributed by atoms with van der Waals surface area (Å²) in [7, 11) is 0. The van der Waals surface area contributed by atoms with E-state index in [-0.39, 0.29) is 24.4 Å². The maximum absolute atomic E-state index is 13.5. The standard InChI is InChI=1S/C19H17F2N3O2S/c1-11-4-2-5-15-17(11)24-19(27-15)23-16(25)6-3-9-22-18(26)13-8-7-12(20)10-14(13)21/h2,4-5,7-8,10H,3,6,9H2,1H3,(H,22,26)(H,23,24,25). The van der Waals surface area contributed by atoms with Gasteiger partial charge in [-0.25, -0.2) is 13.8 Å². The number of carbonyl (C=O) groups excluding carboxylic acids is 2. The van der Waals surface area contributed by atoms with Crippen molar-refractivity contribution >= 4 is 38.5 Å². The number of nitrogens with zero attached hydrogens (tertiary/aromatic N) is 1. The summed E-state index contributed by atoms with van der Waals surface area (Å²) in [4.78, 5) is 28.3. The third kappa shape index (κ3) is 4.65. The van der Waals surface area contributed by atoms with Gasteiger partial charge >= 0.3 is 0 Å². The molecular weight excluding hydrogens is 372 g/mol. The highest BCUT2D eigenvalue weighted by Gasteiger charge is 2.13. The smallest absolute Gasteiger partial charge is 0.254 e. The molecule has 1 aromatic heterocycles. The molecule has 3 rings (SSSR count). The third-order valence-electron chi connectivity index (χ3n) is 3.91. The zero-order valence-corrected chi connectivity index (χ0v) is 15.3. The van der Waals surface area contributed by atoms with Gasteiger partial charge in [-0.3, -0.25) is 9.59 Å². The molecular formula is C19H17F2N3O2S. The number of thiazole rings is 1. The number of rotatable bonds is 6. The van der Waals surface area contributed by atoms with Gasteiger partial charge in [0.05, 0.1) is 15.8 Å². The minimum Gasteiger partial charge on any atom is -0.352 e. The summed E-state index contributed by atoms with van der Waals surface area (Å²) in [6.07, 6.45) is 0.561. The van der Waals surface area contributed by atoms with Gasteiger partial charge < -0.3 is 10.6 Å². The van der Waals surface area contributed by atoms with Gasteiger partial charge in [-0.2, -0.15) is 0 Å². The second-order valence-corrected chi connectivity index (χ2v) is 7.00. The summed E-state index contributed by atoms with van der Waals surface area (Å²) in [5.74, 6) is -2.52. The monoisotopic (exact) mass is 389 g/mol. The van der Waals surface area contributed by atoms with E-state index in [0.29, 0.717) is 17.6 Å². The molecule has 0 radical (unpaired) electrons. The van der Waals surface area contributed by atoms with E-state index in [4.69, 9.17) is 0 Å². The summed E-state index contributed by atoms with van der Waals surface area (Å²) in [5, 5.41) is 5.79. The van der Waals surface area contributed by atoms with Crippen molar-refractivity contribution < 1.29 is 18.4 Å². The van der Waals surface area contributed by atoms with Gasteiger partial charge in [0.2, 0.25) is 5.91 Å². The van der Waals surface area contributed by atoms with Crippen LogP contribution in [0, 0.1) is 18.6 Å². The molecule has 27 heavy (non-hydrogen) atoms. The van der Waals surface area contributed by atoms with Gasteiger partial charge in [0.25, 0.3) is 5.91 Å². The fraction of sp³-hybridized carbons (Fsp3) is 0.211. The number of anilines is 1. The van der Waals surface area contributed by atoms with Crippen molar-refractivity contribution in [3.63, 3.8) is 0 Å². The van der Waals surface area contributed by atoms with Gasteiger partial charge in [-0.05, 0) is 37.1 Å². The Bertz CT molecular complexity index is 1000. The largest absolute Gasteiger partial charge is 0.352 e. The molecule has 1 heterocycles. The molecule has 8 heteroatoms. The van der Waals surface area contributed by atoms with Gasteiger partial charge in [0.15, 0.2) is 5.13 Å². The molecule has 0 saturated carbocycles. The number of benzene rings is 2. The quantitative estimate of drug-likeness (QED) is 0.625. The normalized spacial score (nSPS) is 10.8. The van der Waals surface area contributed by atoms with Crippen LogP contribution in [0.1, 0.15) is 28.8 Å². The topological polar surface area (TPSA) is 71.1 Å². The Morgan fingerprint density at radius 2 is 2.00 bits per heavy atom. The lowest BCUT2D eigenvalue weighted by molar-refractivity contribution is -0.116. The highest BCUT2D eigenvalue weighted by molar-refractivity contribution is 7.22. The molecule has 0 spiro atoms. The maximum atomic E-state index is 13.5. The van der Waals surface area contributed by atoms with Crippen LogP contribution in [0.5, 0.6) is 0 Å². The summed E-state index contributed by atoms with van der Waals surface area (Å²) in [6, 6.07) is 8.60. The van der Waals surface area contributed by atoms with E-state index < -0.39 is 17.5 Å². The molecule has 0 saturated heterocycles. The summed E-state index contributed by atoms with van der Waals surface area (Å²) >= 11 is 1.40. The summed E-state index contributed by atoms with van der Waals surface area (Å²) < 4.78 is 27.4. The number of hydrogen-bond donors (Lipinski definition) is 2. The second-order valence-electron chi connectivity index (χ2n) is 5.97. The van der Waals surface area contributed by atoms with E-state index in [0.717, 1.165) is 27.9 Å². The SMILES string of the molecule is Cc1cccc2sc(NC(=O)CCCNC(=O)c3ccc(F)cc3F)nc12. The summed E-state index contributed by atoms with van der Waals surface area (Å²) in [5.41, 5.74) is 1.68. The maximum Gasteiger partial charge on any atom is 0.254 e. The van der Waals surface area contributed by atoms with Crippen LogP contribution in [-0.2, 0) is 4.79 Å². The highest BCUT2D eigenvalue weighted by atomic mass is 32.1. The number of amides is 2.